The van der Waals surface area contributed by atoms with E-state index in [-0.39, 0.29) is 19.1 Å². The van der Waals surface area contributed by atoms with Gasteiger partial charge in [0.2, 0.25) is 5.91 Å². The molecule has 2 amide bonds. The van der Waals surface area contributed by atoms with E-state index in [0.717, 1.165) is 10.4 Å². The van der Waals surface area contributed by atoms with E-state index in [1.54, 1.807) is 13.0 Å². The van der Waals surface area contributed by atoms with Crippen LogP contribution in [0.3, 0.4) is 0 Å². The number of nitrogens with two attached hydrogens (primary N) is 1. The summed E-state index contributed by atoms with van der Waals surface area (Å²) in [6.07, 6.45) is 0. The van der Waals surface area contributed by atoms with Crippen molar-refractivity contribution in [3.63, 3.8) is 0 Å². The average Bonchev–Trinajstić information content (AvgIpc) is 2.73. The highest BCUT2D eigenvalue weighted by atomic mass is 32.1. The Labute approximate surface area is 116 Å². The number of carbonyl (C=O) groups is 2. The van der Waals surface area contributed by atoms with Crippen molar-refractivity contribution in [1.82, 2.24) is 4.90 Å². The van der Waals surface area contributed by atoms with Crippen molar-refractivity contribution in [3.05, 3.63) is 21.4 Å². The van der Waals surface area contributed by atoms with Gasteiger partial charge in [-0.25, -0.2) is 0 Å². The van der Waals surface area contributed by atoms with Crippen molar-refractivity contribution in [1.29, 1.82) is 0 Å². The topological polar surface area (TPSA) is 83.6 Å². The van der Waals surface area contributed by atoms with E-state index < -0.39 is 5.91 Å². The van der Waals surface area contributed by atoms with Gasteiger partial charge in [-0.1, -0.05) is 11.8 Å². The molecule has 0 atom stereocenters. The molecule has 0 saturated heterocycles. The summed E-state index contributed by atoms with van der Waals surface area (Å²) in [5.74, 6) is 4.57. The number of hydrogen-bond acceptors (Lipinski definition) is 4. The Kier molecular flexibility index (Phi) is 5.55. The molecule has 5 nitrogen and oxygen atoms in total. The molecule has 0 fully saturated rings. The van der Waals surface area contributed by atoms with Gasteiger partial charge < -0.3 is 15.7 Å². The number of likely N-dealkylation sites (N-methyl/N-ethyl adjacent to an activating group) is 1. The molecule has 0 radical (unpaired) electrons. The molecule has 0 aromatic carbocycles. The number of rotatable bonds is 4. The molecule has 102 valence electrons. The zero-order valence-corrected chi connectivity index (χ0v) is 11.7. The van der Waals surface area contributed by atoms with E-state index in [2.05, 4.69) is 11.8 Å². The summed E-state index contributed by atoms with van der Waals surface area (Å²) in [5, 5.41) is 8.66. The molecule has 0 bridgehead atoms. The second kappa shape index (κ2) is 6.92. The second-order valence-electron chi connectivity index (χ2n) is 3.87. The summed E-state index contributed by atoms with van der Waals surface area (Å²) in [5.41, 5.74) is 5.99. The summed E-state index contributed by atoms with van der Waals surface area (Å²) in [7, 11) is 0. The van der Waals surface area contributed by atoms with Crippen LogP contribution in [0.15, 0.2) is 6.07 Å². The van der Waals surface area contributed by atoms with Crippen LogP contribution in [0.4, 0.5) is 0 Å². The van der Waals surface area contributed by atoms with Crippen LogP contribution in [0.5, 0.6) is 0 Å². The summed E-state index contributed by atoms with van der Waals surface area (Å²) >= 11 is 1.25. The molecule has 0 saturated carbocycles. The van der Waals surface area contributed by atoms with E-state index in [9.17, 15) is 9.59 Å². The number of thiophene rings is 1. The number of aryl methyl sites for hydroxylation is 1. The number of aliphatic hydroxyl groups is 1. The Morgan fingerprint density at radius 1 is 1.53 bits per heavy atom. The van der Waals surface area contributed by atoms with Crippen molar-refractivity contribution < 1.29 is 14.7 Å². The lowest BCUT2D eigenvalue weighted by Crippen LogP contribution is -2.37. The first-order chi connectivity index (χ1) is 8.99. The fourth-order valence-electron chi connectivity index (χ4n) is 1.50. The van der Waals surface area contributed by atoms with Gasteiger partial charge >= 0.3 is 0 Å². The average molecular weight is 280 g/mol. The smallest absolute Gasteiger partial charge is 0.264 e. The first-order valence-electron chi connectivity index (χ1n) is 5.77. The maximum absolute atomic E-state index is 12.2. The normalized spacial score (nSPS) is 9.63. The van der Waals surface area contributed by atoms with Gasteiger partial charge in [0.25, 0.3) is 5.91 Å². The monoisotopic (exact) mass is 280 g/mol. The van der Waals surface area contributed by atoms with Crippen LogP contribution in [0, 0.1) is 18.8 Å². The molecular formula is C13H16N2O3S. The molecule has 0 spiro atoms. The molecule has 1 rings (SSSR count). The first-order valence-corrected chi connectivity index (χ1v) is 6.59. The third-order valence-electron chi connectivity index (χ3n) is 2.43. The summed E-state index contributed by atoms with van der Waals surface area (Å²) in [6, 6.07) is 1.73. The Balaban J connectivity index is 2.96. The Bertz CT molecular complexity index is 540. The van der Waals surface area contributed by atoms with Crippen LogP contribution in [0.2, 0.25) is 0 Å². The van der Waals surface area contributed by atoms with Crippen LogP contribution in [0.1, 0.15) is 27.0 Å². The van der Waals surface area contributed by atoms with Gasteiger partial charge in [-0.05, 0) is 25.5 Å². The zero-order chi connectivity index (χ0) is 14.4. The van der Waals surface area contributed by atoms with E-state index in [1.165, 1.54) is 16.2 Å². The number of nitrogens with zero attached hydrogens (tertiary/aromatic N) is 1. The first kappa shape index (κ1) is 15.2. The van der Waals surface area contributed by atoms with Crippen LogP contribution >= 0.6 is 11.3 Å². The molecule has 6 heteroatoms. The van der Waals surface area contributed by atoms with Crippen LogP contribution in [0.25, 0.3) is 0 Å². The van der Waals surface area contributed by atoms with Gasteiger partial charge in [0, 0.05) is 6.54 Å². The van der Waals surface area contributed by atoms with Crippen LogP contribution < -0.4 is 5.73 Å². The Morgan fingerprint density at radius 3 is 2.74 bits per heavy atom. The Morgan fingerprint density at radius 2 is 2.21 bits per heavy atom. The molecular weight excluding hydrogens is 264 g/mol. The lowest BCUT2D eigenvalue weighted by Gasteiger charge is -2.17. The fraction of sp³-hybridized carbons (Fsp3) is 0.385. The Hall–Kier alpha value is -1.84. The number of amides is 2. The van der Waals surface area contributed by atoms with E-state index >= 15 is 0 Å². The summed E-state index contributed by atoms with van der Waals surface area (Å²) in [6.45, 7) is 3.73. The minimum atomic E-state index is -0.538. The number of aliphatic hydroxyl groups excluding tert-OH is 1. The van der Waals surface area contributed by atoms with Gasteiger partial charge in [-0.2, -0.15) is 0 Å². The number of hydrogen-bond donors (Lipinski definition) is 2. The van der Waals surface area contributed by atoms with E-state index in [0.29, 0.717) is 11.4 Å². The van der Waals surface area contributed by atoms with E-state index in [1.807, 2.05) is 6.92 Å². The van der Waals surface area contributed by atoms with Crippen molar-refractivity contribution in [2.45, 2.75) is 13.8 Å². The maximum Gasteiger partial charge on any atom is 0.264 e. The maximum atomic E-state index is 12.2. The predicted molar refractivity (Wildman–Crippen MR) is 73.8 cm³/mol. The van der Waals surface area contributed by atoms with Crippen LogP contribution in [-0.2, 0) is 4.79 Å². The van der Waals surface area contributed by atoms with Gasteiger partial charge in [-0.3, -0.25) is 9.59 Å². The van der Waals surface area contributed by atoms with Gasteiger partial charge in [0.05, 0.1) is 16.3 Å². The molecule has 0 unspecified atom stereocenters. The second-order valence-corrected chi connectivity index (χ2v) is 4.92. The zero-order valence-electron chi connectivity index (χ0n) is 10.9. The molecule has 0 aliphatic heterocycles. The standard InChI is InChI=1S/C13H16N2O3S/c1-3-15(8-12(14)17)13(18)11-7-9(2)10(19-11)5-4-6-16/h7,16H,3,6,8H2,1-2H3,(H2,14,17). The SMILES string of the molecule is CCN(CC(N)=O)C(=O)c1cc(C)c(C#CCO)s1. The predicted octanol–water partition coefficient (Wildman–Crippen LogP) is 0.348. The quantitative estimate of drug-likeness (QED) is 0.780. The molecule has 1 aromatic heterocycles. The largest absolute Gasteiger partial charge is 0.384 e. The van der Waals surface area contributed by atoms with Crippen molar-refractivity contribution >= 4 is 23.2 Å². The molecule has 19 heavy (non-hydrogen) atoms. The molecule has 0 aliphatic carbocycles. The highest BCUT2D eigenvalue weighted by molar-refractivity contribution is 7.14. The minimum Gasteiger partial charge on any atom is -0.384 e. The number of primary amides is 1. The molecule has 0 aliphatic rings. The van der Waals surface area contributed by atoms with Crippen molar-refractivity contribution in [2.75, 3.05) is 19.7 Å². The third-order valence-corrected chi connectivity index (χ3v) is 3.57. The van der Waals surface area contributed by atoms with Crippen molar-refractivity contribution in [2.24, 2.45) is 5.73 Å². The summed E-state index contributed by atoms with van der Waals surface area (Å²) in [4.78, 5) is 25.7. The van der Waals surface area contributed by atoms with Gasteiger partial charge in [-0.15, -0.1) is 11.3 Å². The van der Waals surface area contributed by atoms with Crippen molar-refractivity contribution in [3.8, 4) is 11.8 Å². The number of carbonyl (C=O) groups excluding carboxylic acids is 2. The highest BCUT2D eigenvalue weighted by Gasteiger charge is 2.18. The third kappa shape index (κ3) is 4.09. The fourth-order valence-corrected chi connectivity index (χ4v) is 2.52. The molecule has 1 aromatic rings. The van der Waals surface area contributed by atoms with Gasteiger partial charge in [0.15, 0.2) is 0 Å². The molecule has 3 N–H and O–H groups in total. The van der Waals surface area contributed by atoms with Gasteiger partial charge in [0.1, 0.15) is 6.61 Å². The van der Waals surface area contributed by atoms with Crippen LogP contribution in [-0.4, -0.2) is 41.5 Å². The minimum absolute atomic E-state index is 0.0933. The highest BCUT2D eigenvalue weighted by Crippen LogP contribution is 2.22. The summed E-state index contributed by atoms with van der Waals surface area (Å²) < 4.78 is 0. The lowest BCUT2D eigenvalue weighted by molar-refractivity contribution is -0.118. The lowest BCUT2D eigenvalue weighted by atomic mass is 10.2. The van der Waals surface area contributed by atoms with E-state index in [4.69, 9.17) is 10.8 Å². The molecule has 1 heterocycles.